The Balaban J connectivity index is 0.00000406. The first-order chi connectivity index (χ1) is 24.7. The van der Waals surface area contributed by atoms with Crippen molar-refractivity contribution in [2.75, 3.05) is 27.3 Å². The number of ether oxygens (including phenoxy) is 2. The van der Waals surface area contributed by atoms with Gasteiger partial charge >= 0.3 is 0 Å². The smallest absolute Gasteiger partial charge is 0.118 e. The molecular weight excluding hydrogens is 656 g/mol. The molecule has 0 atom stereocenters. The maximum atomic E-state index is 5.39. The van der Waals surface area contributed by atoms with Gasteiger partial charge in [-0.2, -0.15) is 0 Å². The standard InChI is InChI=1S/C42H40N6O2.ClH/c1-49-31-17-13-27(14-18-31)39-41-35(33-9-3-5-11-37(33)47-41)23-29(45-39)25-43-21-7-8-22-44-26-30-24-36-34-10-4-6-12-38(34)48-42(36)40(46-30)28-15-19-32(50-2)20-16-28;/h3-6,9-20,23-24,43-44,47-48H,7-8,21-22,25-26H2,1-2H3;1H. The zero-order valence-electron chi connectivity index (χ0n) is 28.8. The van der Waals surface area contributed by atoms with Gasteiger partial charge in [0.1, 0.15) is 11.5 Å². The van der Waals surface area contributed by atoms with Crippen molar-refractivity contribution < 1.29 is 9.47 Å². The van der Waals surface area contributed by atoms with E-state index in [1.54, 1.807) is 14.2 Å². The number of halogens is 1. The predicted octanol–water partition coefficient (Wildman–Crippen LogP) is 9.18. The Labute approximate surface area is 303 Å². The van der Waals surface area contributed by atoms with E-state index in [0.717, 1.165) is 93.4 Å². The quantitative estimate of drug-likeness (QED) is 0.0898. The van der Waals surface area contributed by atoms with Crippen molar-refractivity contribution in [2.24, 2.45) is 0 Å². The lowest BCUT2D eigenvalue weighted by atomic mass is 10.1. The highest BCUT2D eigenvalue weighted by Gasteiger charge is 2.15. The van der Waals surface area contributed by atoms with Gasteiger partial charge in [-0.15, -0.1) is 12.4 Å². The summed E-state index contributed by atoms with van der Waals surface area (Å²) in [6.45, 7) is 3.23. The highest BCUT2D eigenvalue weighted by atomic mass is 35.5. The van der Waals surface area contributed by atoms with Crippen molar-refractivity contribution in [1.29, 1.82) is 0 Å². The Hall–Kier alpha value is -5.41. The van der Waals surface area contributed by atoms with E-state index in [1.807, 2.05) is 24.3 Å². The molecule has 0 aliphatic carbocycles. The van der Waals surface area contributed by atoms with Gasteiger partial charge in [0.25, 0.3) is 0 Å². The molecular formula is C42H41ClN6O2. The average molecular weight is 697 g/mol. The molecule has 8 nitrogen and oxygen atoms in total. The Bertz CT molecular complexity index is 2250. The number of H-pyrrole nitrogens is 2. The molecule has 0 saturated carbocycles. The summed E-state index contributed by atoms with van der Waals surface area (Å²) >= 11 is 0. The number of hydrogen-bond acceptors (Lipinski definition) is 6. The minimum absolute atomic E-state index is 0. The fourth-order valence-electron chi connectivity index (χ4n) is 6.83. The summed E-state index contributed by atoms with van der Waals surface area (Å²) < 4.78 is 10.8. The largest absolute Gasteiger partial charge is 0.497 e. The summed E-state index contributed by atoms with van der Waals surface area (Å²) in [4.78, 5) is 17.4. The van der Waals surface area contributed by atoms with Crippen LogP contribution in [0, 0.1) is 0 Å². The van der Waals surface area contributed by atoms with Gasteiger partial charge in [0.15, 0.2) is 0 Å². The van der Waals surface area contributed by atoms with Crippen molar-refractivity contribution in [2.45, 2.75) is 25.9 Å². The van der Waals surface area contributed by atoms with E-state index in [9.17, 15) is 0 Å². The zero-order chi connectivity index (χ0) is 33.9. The number of methoxy groups -OCH3 is 2. The first kappa shape index (κ1) is 34.1. The molecule has 0 saturated heterocycles. The minimum Gasteiger partial charge on any atom is -0.497 e. The number of nitrogens with one attached hydrogen (secondary N) is 4. The molecule has 0 bridgehead atoms. The molecule has 258 valence electrons. The molecule has 4 aromatic heterocycles. The number of unbranched alkanes of at least 4 members (excludes halogenated alkanes) is 1. The second-order valence-corrected chi connectivity index (χ2v) is 12.6. The molecule has 9 heteroatoms. The van der Waals surface area contributed by atoms with Crippen LogP contribution in [0.3, 0.4) is 0 Å². The van der Waals surface area contributed by atoms with E-state index in [0.29, 0.717) is 13.1 Å². The van der Waals surface area contributed by atoms with Gasteiger partial charge in [-0.3, -0.25) is 0 Å². The molecule has 0 amide bonds. The Morgan fingerprint density at radius 3 is 1.35 bits per heavy atom. The molecule has 4 aromatic carbocycles. The number of para-hydroxylation sites is 2. The van der Waals surface area contributed by atoms with Crippen LogP contribution < -0.4 is 20.1 Å². The van der Waals surface area contributed by atoms with Crippen molar-refractivity contribution >= 4 is 56.0 Å². The first-order valence-corrected chi connectivity index (χ1v) is 17.2. The summed E-state index contributed by atoms with van der Waals surface area (Å²) in [6.07, 6.45) is 2.11. The second kappa shape index (κ2) is 15.2. The van der Waals surface area contributed by atoms with Gasteiger partial charge in [-0.25, -0.2) is 9.97 Å². The first-order valence-electron chi connectivity index (χ1n) is 17.2. The number of pyridine rings is 2. The summed E-state index contributed by atoms with van der Waals surface area (Å²) in [7, 11) is 3.38. The monoisotopic (exact) mass is 696 g/mol. The summed E-state index contributed by atoms with van der Waals surface area (Å²) in [5, 5.41) is 12.1. The summed E-state index contributed by atoms with van der Waals surface area (Å²) in [5.41, 5.74) is 10.4. The van der Waals surface area contributed by atoms with Crippen LogP contribution in [-0.4, -0.2) is 47.2 Å². The fraction of sp³-hybridized carbons (Fsp3) is 0.190. The predicted molar refractivity (Wildman–Crippen MR) is 211 cm³/mol. The molecule has 8 aromatic rings. The topological polar surface area (TPSA) is 99.9 Å². The van der Waals surface area contributed by atoms with E-state index in [1.165, 1.54) is 21.5 Å². The molecule has 0 unspecified atom stereocenters. The number of benzene rings is 4. The number of fused-ring (bicyclic) bond motifs is 6. The van der Waals surface area contributed by atoms with Crippen molar-refractivity contribution in [1.82, 2.24) is 30.6 Å². The molecule has 0 aliphatic rings. The summed E-state index contributed by atoms with van der Waals surface area (Å²) in [5.74, 6) is 1.66. The van der Waals surface area contributed by atoms with Gasteiger partial charge in [-0.1, -0.05) is 36.4 Å². The average Bonchev–Trinajstić information content (AvgIpc) is 3.74. The maximum Gasteiger partial charge on any atom is 0.118 e. The lowest BCUT2D eigenvalue weighted by Gasteiger charge is -2.10. The Kier molecular flexibility index (Phi) is 10.2. The SMILES string of the molecule is COc1ccc(-c2nc(CNCCCCNCc3cc4c([nH]c5ccccc54)c(-c4ccc(OC)cc4)n3)cc3c2[nH]c2ccccc23)cc1.Cl. The third-order valence-electron chi connectivity index (χ3n) is 9.40. The van der Waals surface area contributed by atoms with Crippen LogP contribution in [0.1, 0.15) is 24.2 Å². The molecule has 0 spiro atoms. The molecule has 0 fully saturated rings. The van der Waals surface area contributed by atoms with Crippen LogP contribution in [0.2, 0.25) is 0 Å². The number of aromatic nitrogens is 4. The van der Waals surface area contributed by atoms with Crippen LogP contribution in [-0.2, 0) is 13.1 Å². The van der Waals surface area contributed by atoms with Gasteiger partial charge in [0.05, 0.1) is 48.0 Å². The second-order valence-electron chi connectivity index (χ2n) is 12.6. The van der Waals surface area contributed by atoms with Crippen LogP contribution in [0.25, 0.3) is 66.1 Å². The zero-order valence-corrected chi connectivity index (χ0v) is 29.6. The van der Waals surface area contributed by atoms with Gasteiger partial charge in [0, 0.05) is 56.8 Å². The van der Waals surface area contributed by atoms with Crippen LogP contribution in [0.5, 0.6) is 11.5 Å². The van der Waals surface area contributed by atoms with Crippen LogP contribution in [0.15, 0.2) is 109 Å². The van der Waals surface area contributed by atoms with Gasteiger partial charge < -0.3 is 30.1 Å². The highest BCUT2D eigenvalue weighted by molar-refractivity contribution is 6.12. The number of nitrogens with zero attached hydrogens (tertiary/aromatic N) is 2. The van der Waals surface area contributed by atoms with E-state index < -0.39 is 0 Å². The highest BCUT2D eigenvalue weighted by Crippen LogP contribution is 2.35. The van der Waals surface area contributed by atoms with Crippen LogP contribution >= 0.6 is 12.4 Å². The van der Waals surface area contributed by atoms with Crippen molar-refractivity contribution in [3.63, 3.8) is 0 Å². The lowest BCUT2D eigenvalue weighted by molar-refractivity contribution is 0.415. The minimum atomic E-state index is 0. The van der Waals surface area contributed by atoms with E-state index >= 15 is 0 Å². The van der Waals surface area contributed by atoms with E-state index in [-0.39, 0.29) is 12.4 Å². The molecule has 51 heavy (non-hydrogen) atoms. The van der Waals surface area contributed by atoms with E-state index in [2.05, 4.69) is 106 Å². The van der Waals surface area contributed by atoms with Gasteiger partial charge in [-0.05, 0) is 98.7 Å². The van der Waals surface area contributed by atoms with Crippen LogP contribution in [0.4, 0.5) is 0 Å². The van der Waals surface area contributed by atoms with Crippen molar-refractivity contribution in [3.05, 3.63) is 121 Å². The van der Waals surface area contributed by atoms with Crippen molar-refractivity contribution in [3.8, 4) is 34.0 Å². The Morgan fingerprint density at radius 1 is 0.529 bits per heavy atom. The fourth-order valence-corrected chi connectivity index (χ4v) is 6.83. The number of rotatable bonds is 13. The van der Waals surface area contributed by atoms with E-state index in [4.69, 9.17) is 19.4 Å². The third kappa shape index (κ3) is 6.99. The normalized spacial score (nSPS) is 11.4. The lowest BCUT2D eigenvalue weighted by Crippen LogP contribution is -2.19. The molecule has 0 aliphatic heterocycles. The third-order valence-corrected chi connectivity index (χ3v) is 9.40. The molecule has 4 N–H and O–H groups in total. The molecule has 4 heterocycles. The Morgan fingerprint density at radius 2 is 0.941 bits per heavy atom. The molecule has 8 rings (SSSR count). The summed E-state index contributed by atoms with van der Waals surface area (Å²) in [6, 6.07) is 37.6. The van der Waals surface area contributed by atoms with Gasteiger partial charge in [0.2, 0.25) is 0 Å². The number of aromatic amines is 2. The molecule has 0 radical (unpaired) electrons. The number of hydrogen-bond donors (Lipinski definition) is 4. The maximum absolute atomic E-state index is 5.39.